The fourth-order valence-electron chi connectivity index (χ4n) is 2.15. The number of carbonyl (C=O) groups is 2. The average Bonchev–Trinajstić information content (AvgIpc) is 2.56. The van der Waals surface area contributed by atoms with Gasteiger partial charge in [-0.2, -0.15) is 0 Å². The van der Waals surface area contributed by atoms with Crippen LogP contribution in [-0.2, 0) is 22.6 Å². The number of likely N-dealkylation sites (N-methyl/N-ethyl adjacent to an activating group) is 1. The van der Waals surface area contributed by atoms with Gasteiger partial charge in [0.05, 0.1) is 0 Å². The van der Waals surface area contributed by atoms with Gasteiger partial charge in [0.25, 0.3) is 0 Å². The van der Waals surface area contributed by atoms with E-state index in [1.165, 1.54) is 4.90 Å². The second-order valence-electron chi connectivity index (χ2n) is 5.28. The van der Waals surface area contributed by atoms with Gasteiger partial charge in [0.1, 0.15) is 0 Å². The van der Waals surface area contributed by atoms with Gasteiger partial charge in [0.2, 0.25) is 0 Å². The van der Waals surface area contributed by atoms with Gasteiger partial charge in [-0.05, 0) is 29.7 Å². The van der Waals surface area contributed by atoms with Crippen LogP contribution in [0.5, 0.6) is 0 Å². The summed E-state index contributed by atoms with van der Waals surface area (Å²) >= 11 is 5.82. The van der Waals surface area contributed by atoms with E-state index in [1.807, 2.05) is 42.5 Å². The van der Waals surface area contributed by atoms with Crippen molar-refractivity contribution in [3.05, 3.63) is 70.7 Å². The van der Waals surface area contributed by atoms with Gasteiger partial charge >= 0.3 is 11.8 Å². The van der Waals surface area contributed by atoms with Crippen LogP contribution in [0.4, 0.5) is 0 Å². The molecule has 2 aromatic rings. The Morgan fingerprint density at radius 1 is 1.00 bits per heavy atom. The molecule has 0 saturated carbocycles. The van der Waals surface area contributed by atoms with E-state index < -0.39 is 11.8 Å². The Morgan fingerprint density at radius 2 is 1.65 bits per heavy atom. The number of rotatable bonds is 5. The molecule has 0 atom stereocenters. The molecule has 0 aliphatic heterocycles. The van der Waals surface area contributed by atoms with Crippen LogP contribution in [0.3, 0.4) is 0 Å². The number of nitrogens with one attached hydrogen (secondary N) is 1. The molecule has 2 rings (SSSR count). The van der Waals surface area contributed by atoms with Crippen LogP contribution in [-0.4, -0.2) is 30.3 Å². The molecule has 2 aromatic carbocycles. The molecule has 1 N–H and O–H groups in total. The fourth-order valence-corrected chi connectivity index (χ4v) is 2.28. The molecule has 0 fully saturated rings. The Labute approximate surface area is 141 Å². The molecule has 0 unspecified atom stereocenters. The molecule has 4 nitrogen and oxygen atoms in total. The van der Waals surface area contributed by atoms with Gasteiger partial charge in [-0.1, -0.05) is 54.1 Å². The number of nitrogens with zero attached hydrogens (tertiary/aromatic N) is 1. The summed E-state index contributed by atoms with van der Waals surface area (Å²) in [6.45, 7) is 0.815. The third-order valence-corrected chi connectivity index (χ3v) is 3.67. The Morgan fingerprint density at radius 3 is 2.30 bits per heavy atom. The summed E-state index contributed by atoms with van der Waals surface area (Å²) in [5.74, 6) is -1.12. The fraction of sp³-hybridized carbons (Fsp3) is 0.222. The predicted molar refractivity (Wildman–Crippen MR) is 91.1 cm³/mol. The second-order valence-corrected chi connectivity index (χ2v) is 5.72. The number of halogens is 1. The summed E-state index contributed by atoms with van der Waals surface area (Å²) in [7, 11) is 1.62. The minimum Gasteiger partial charge on any atom is -0.347 e. The standard InChI is InChI=1S/C18H19ClN2O2/c1-21(13-15-5-3-2-4-6-15)18(23)17(22)20-12-11-14-7-9-16(19)10-8-14/h2-10H,11-13H2,1H3,(H,20,22). The van der Waals surface area contributed by atoms with E-state index in [0.717, 1.165) is 11.1 Å². The first-order valence-electron chi connectivity index (χ1n) is 7.38. The normalized spacial score (nSPS) is 10.2. The molecule has 0 heterocycles. The highest BCUT2D eigenvalue weighted by atomic mass is 35.5. The minimum atomic E-state index is -0.586. The van der Waals surface area contributed by atoms with E-state index in [2.05, 4.69) is 5.32 Å². The van der Waals surface area contributed by atoms with E-state index in [4.69, 9.17) is 11.6 Å². The number of benzene rings is 2. The van der Waals surface area contributed by atoms with Crippen molar-refractivity contribution in [1.82, 2.24) is 10.2 Å². The summed E-state index contributed by atoms with van der Waals surface area (Å²) in [5.41, 5.74) is 2.04. The van der Waals surface area contributed by atoms with Crippen molar-refractivity contribution >= 4 is 23.4 Å². The molecular weight excluding hydrogens is 312 g/mol. The molecule has 0 spiro atoms. The van der Waals surface area contributed by atoms with Crippen LogP contribution in [0.2, 0.25) is 5.02 Å². The lowest BCUT2D eigenvalue weighted by molar-refractivity contribution is -0.145. The van der Waals surface area contributed by atoms with Crippen molar-refractivity contribution in [2.45, 2.75) is 13.0 Å². The summed E-state index contributed by atoms with van der Waals surface area (Å²) < 4.78 is 0. The number of carbonyl (C=O) groups excluding carboxylic acids is 2. The molecule has 0 aliphatic carbocycles. The number of amides is 2. The van der Waals surface area contributed by atoms with Crippen molar-refractivity contribution in [1.29, 1.82) is 0 Å². The zero-order valence-electron chi connectivity index (χ0n) is 13.0. The maximum absolute atomic E-state index is 12.0. The largest absolute Gasteiger partial charge is 0.347 e. The molecule has 0 aliphatic rings. The van der Waals surface area contributed by atoms with Crippen molar-refractivity contribution in [2.75, 3.05) is 13.6 Å². The third kappa shape index (κ3) is 5.42. The van der Waals surface area contributed by atoms with Crippen LogP contribution >= 0.6 is 11.6 Å². The zero-order valence-corrected chi connectivity index (χ0v) is 13.7. The quantitative estimate of drug-likeness (QED) is 0.857. The highest BCUT2D eigenvalue weighted by Crippen LogP contribution is 2.09. The SMILES string of the molecule is CN(Cc1ccccc1)C(=O)C(=O)NCCc1ccc(Cl)cc1. The number of hydrogen-bond donors (Lipinski definition) is 1. The van der Waals surface area contributed by atoms with E-state index >= 15 is 0 Å². The Balaban J connectivity index is 1.78. The molecule has 0 saturated heterocycles. The van der Waals surface area contributed by atoms with E-state index in [9.17, 15) is 9.59 Å². The summed E-state index contributed by atoms with van der Waals surface area (Å²) in [4.78, 5) is 25.3. The molecule has 120 valence electrons. The van der Waals surface area contributed by atoms with Gasteiger partial charge < -0.3 is 10.2 Å². The lowest BCUT2D eigenvalue weighted by atomic mass is 10.1. The van der Waals surface area contributed by atoms with Crippen LogP contribution in [0.15, 0.2) is 54.6 Å². The topological polar surface area (TPSA) is 49.4 Å². The Bertz CT molecular complexity index is 656. The highest BCUT2D eigenvalue weighted by molar-refractivity contribution is 6.34. The van der Waals surface area contributed by atoms with E-state index in [0.29, 0.717) is 24.5 Å². The average molecular weight is 331 g/mol. The van der Waals surface area contributed by atoms with Gasteiger partial charge in [0.15, 0.2) is 0 Å². The van der Waals surface area contributed by atoms with Gasteiger partial charge in [-0.25, -0.2) is 0 Å². The summed E-state index contributed by atoms with van der Waals surface area (Å²) in [6, 6.07) is 17.0. The summed E-state index contributed by atoms with van der Waals surface area (Å²) in [6.07, 6.45) is 0.651. The third-order valence-electron chi connectivity index (χ3n) is 3.42. The first-order valence-corrected chi connectivity index (χ1v) is 7.75. The van der Waals surface area contributed by atoms with Crippen LogP contribution in [0.1, 0.15) is 11.1 Å². The van der Waals surface area contributed by atoms with Crippen LogP contribution in [0.25, 0.3) is 0 Å². The van der Waals surface area contributed by atoms with Gasteiger partial charge in [-0.15, -0.1) is 0 Å². The molecule has 0 radical (unpaired) electrons. The smallest absolute Gasteiger partial charge is 0.311 e. The Kier molecular flexibility index (Phi) is 6.18. The lowest BCUT2D eigenvalue weighted by Crippen LogP contribution is -2.41. The van der Waals surface area contributed by atoms with E-state index in [-0.39, 0.29) is 0 Å². The maximum atomic E-state index is 12.0. The highest BCUT2D eigenvalue weighted by Gasteiger charge is 2.18. The first-order chi connectivity index (χ1) is 11.1. The monoisotopic (exact) mass is 330 g/mol. The molecule has 23 heavy (non-hydrogen) atoms. The van der Waals surface area contributed by atoms with Gasteiger partial charge in [0, 0.05) is 25.2 Å². The number of hydrogen-bond acceptors (Lipinski definition) is 2. The van der Waals surface area contributed by atoms with Crippen molar-refractivity contribution in [3.63, 3.8) is 0 Å². The van der Waals surface area contributed by atoms with Crippen molar-refractivity contribution < 1.29 is 9.59 Å². The predicted octanol–water partition coefficient (Wildman–Crippen LogP) is 2.66. The van der Waals surface area contributed by atoms with Crippen LogP contribution in [0, 0.1) is 0 Å². The molecule has 5 heteroatoms. The lowest BCUT2D eigenvalue weighted by Gasteiger charge is -2.16. The van der Waals surface area contributed by atoms with Crippen LogP contribution < -0.4 is 5.32 Å². The second kappa shape index (κ2) is 8.34. The molecule has 0 bridgehead atoms. The molecule has 2 amide bonds. The maximum Gasteiger partial charge on any atom is 0.311 e. The van der Waals surface area contributed by atoms with Gasteiger partial charge in [-0.3, -0.25) is 9.59 Å². The molecule has 0 aromatic heterocycles. The van der Waals surface area contributed by atoms with Crippen molar-refractivity contribution in [3.8, 4) is 0 Å². The van der Waals surface area contributed by atoms with E-state index in [1.54, 1.807) is 19.2 Å². The zero-order chi connectivity index (χ0) is 16.7. The minimum absolute atomic E-state index is 0.407. The molecular formula is C18H19ClN2O2. The van der Waals surface area contributed by atoms with Crippen molar-refractivity contribution in [2.24, 2.45) is 0 Å². The first kappa shape index (κ1) is 17.0. The Hall–Kier alpha value is -2.33. The summed E-state index contributed by atoms with van der Waals surface area (Å²) in [5, 5.41) is 3.33.